The van der Waals surface area contributed by atoms with Gasteiger partial charge >= 0.3 is 0 Å². The van der Waals surface area contributed by atoms with Crippen molar-refractivity contribution < 1.29 is 8.78 Å². The molecular formula is C13H12F2N2O. The average molecular weight is 250 g/mol. The molecule has 0 radical (unpaired) electrons. The number of anilines is 1. The lowest BCUT2D eigenvalue weighted by Crippen LogP contribution is -2.14. The van der Waals surface area contributed by atoms with Gasteiger partial charge in [0.1, 0.15) is 0 Å². The van der Waals surface area contributed by atoms with Crippen molar-refractivity contribution in [3.05, 3.63) is 39.7 Å². The van der Waals surface area contributed by atoms with Gasteiger partial charge in [0, 0.05) is 23.9 Å². The summed E-state index contributed by atoms with van der Waals surface area (Å²) in [4.78, 5) is 11.9. The molecule has 0 saturated heterocycles. The van der Waals surface area contributed by atoms with E-state index in [4.69, 9.17) is 5.73 Å². The Kier molecular flexibility index (Phi) is 2.20. The van der Waals surface area contributed by atoms with Gasteiger partial charge < -0.3 is 10.3 Å². The van der Waals surface area contributed by atoms with E-state index in [0.29, 0.717) is 5.52 Å². The molecule has 0 bridgehead atoms. The lowest BCUT2D eigenvalue weighted by molar-refractivity contribution is 0.512. The van der Waals surface area contributed by atoms with Crippen molar-refractivity contribution in [3.8, 4) is 0 Å². The minimum absolute atomic E-state index is 0.0754. The topological polar surface area (TPSA) is 48.0 Å². The summed E-state index contributed by atoms with van der Waals surface area (Å²) < 4.78 is 28.8. The van der Waals surface area contributed by atoms with E-state index >= 15 is 0 Å². The Morgan fingerprint density at radius 3 is 2.83 bits per heavy atom. The summed E-state index contributed by atoms with van der Waals surface area (Å²) in [6.07, 6.45) is 1.66. The van der Waals surface area contributed by atoms with Crippen molar-refractivity contribution in [1.29, 1.82) is 0 Å². The maximum atomic E-state index is 13.5. The molecule has 1 atom stereocenters. The molecule has 5 heteroatoms. The van der Waals surface area contributed by atoms with Crippen molar-refractivity contribution in [2.45, 2.75) is 25.8 Å². The van der Waals surface area contributed by atoms with Crippen LogP contribution in [-0.2, 0) is 6.42 Å². The van der Waals surface area contributed by atoms with Crippen LogP contribution in [0, 0.1) is 11.6 Å². The van der Waals surface area contributed by atoms with Crippen LogP contribution in [0.2, 0.25) is 0 Å². The van der Waals surface area contributed by atoms with E-state index in [0.717, 1.165) is 24.6 Å². The van der Waals surface area contributed by atoms with E-state index in [1.807, 2.05) is 11.5 Å². The smallest absolute Gasteiger partial charge is 0.191 e. The second-order valence-electron chi connectivity index (χ2n) is 4.74. The highest BCUT2D eigenvalue weighted by Crippen LogP contribution is 2.32. The summed E-state index contributed by atoms with van der Waals surface area (Å²) in [6, 6.07) is 2.69. The fourth-order valence-corrected chi connectivity index (χ4v) is 2.73. The van der Waals surface area contributed by atoms with E-state index in [1.165, 1.54) is 6.07 Å². The standard InChI is InChI=1S/C13H12F2N2O/c1-6-2-3-7-4-10(18)11-9(17(6)7)5-8(14)12(15)13(11)16/h4-6H,2-3,16H2,1H3/t6-/m1/s1. The molecule has 1 aromatic carbocycles. The summed E-state index contributed by atoms with van der Waals surface area (Å²) in [6.45, 7) is 1.98. The van der Waals surface area contributed by atoms with Gasteiger partial charge in [0.05, 0.1) is 16.6 Å². The number of hydrogen-bond acceptors (Lipinski definition) is 2. The third-order valence-corrected chi connectivity index (χ3v) is 3.61. The second kappa shape index (κ2) is 3.54. The summed E-state index contributed by atoms with van der Waals surface area (Å²) in [5.41, 5.74) is 6.03. The number of nitrogens with zero attached hydrogens (tertiary/aromatic N) is 1. The zero-order valence-corrected chi connectivity index (χ0v) is 9.84. The van der Waals surface area contributed by atoms with Crippen LogP contribution in [-0.4, -0.2) is 4.57 Å². The molecule has 0 spiro atoms. The Hall–Kier alpha value is -1.91. The molecule has 0 aliphatic carbocycles. The molecule has 1 aliphatic rings. The molecule has 3 rings (SSSR count). The van der Waals surface area contributed by atoms with Gasteiger partial charge in [-0.05, 0) is 19.8 Å². The Morgan fingerprint density at radius 2 is 2.11 bits per heavy atom. The Bertz CT molecular complexity index is 721. The Morgan fingerprint density at radius 1 is 1.39 bits per heavy atom. The first kappa shape index (κ1) is 11.2. The van der Waals surface area contributed by atoms with E-state index in [-0.39, 0.29) is 16.9 Å². The molecular weight excluding hydrogens is 238 g/mol. The molecule has 3 nitrogen and oxygen atoms in total. The molecule has 0 saturated carbocycles. The van der Waals surface area contributed by atoms with E-state index in [9.17, 15) is 13.6 Å². The third-order valence-electron chi connectivity index (χ3n) is 3.61. The highest BCUT2D eigenvalue weighted by molar-refractivity contribution is 5.91. The van der Waals surface area contributed by atoms with Crippen molar-refractivity contribution >= 4 is 16.6 Å². The number of pyridine rings is 1. The predicted molar refractivity (Wildman–Crippen MR) is 65.6 cm³/mol. The third kappa shape index (κ3) is 1.30. The minimum atomic E-state index is -1.15. The highest BCUT2D eigenvalue weighted by Gasteiger charge is 2.23. The number of nitrogens with two attached hydrogens (primary N) is 1. The largest absolute Gasteiger partial charge is 0.396 e. The number of benzene rings is 1. The van der Waals surface area contributed by atoms with Crippen molar-refractivity contribution in [3.63, 3.8) is 0 Å². The van der Waals surface area contributed by atoms with Gasteiger partial charge in [-0.15, -0.1) is 0 Å². The number of halogens is 2. The maximum absolute atomic E-state index is 13.5. The Balaban J connectivity index is 2.56. The van der Waals surface area contributed by atoms with Crippen molar-refractivity contribution in [1.82, 2.24) is 4.57 Å². The molecule has 1 aromatic heterocycles. The molecule has 1 aliphatic heterocycles. The van der Waals surface area contributed by atoms with Crippen LogP contribution in [0.4, 0.5) is 14.5 Å². The fraction of sp³-hybridized carbons (Fsp3) is 0.308. The number of hydrogen-bond donors (Lipinski definition) is 1. The zero-order valence-electron chi connectivity index (χ0n) is 9.84. The average Bonchev–Trinajstić information content (AvgIpc) is 2.67. The molecule has 94 valence electrons. The van der Waals surface area contributed by atoms with Gasteiger partial charge in [-0.25, -0.2) is 8.78 Å². The normalized spacial score (nSPS) is 18.3. The number of aryl methyl sites for hydroxylation is 1. The SMILES string of the molecule is C[C@@H]1CCc2cc(=O)c3c(N)c(F)c(F)cc3n21. The van der Waals surface area contributed by atoms with Crippen LogP contribution in [0.1, 0.15) is 25.1 Å². The van der Waals surface area contributed by atoms with Gasteiger partial charge in [-0.3, -0.25) is 4.79 Å². The van der Waals surface area contributed by atoms with Crippen molar-refractivity contribution in [2.75, 3.05) is 5.73 Å². The molecule has 0 amide bonds. The second-order valence-corrected chi connectivity index (χ2v) is 4.74. The minimum Gasteiger partial charge on any atom is -0.396 e. The monoisotopic (exact) mass is 250 g/mol. The van der Waals surface area contributed by atoms with Crippen LogP contribution in [0.3, 0.4) is 0 Å². The summed E-state index contributed by atoms with van der Waals surface area (Å²) in [5, 5.41) is 0.0754. The van der Waals surface area contributed by atoms with Gasteiger partial charge in [0.15, 0.2) is 17.1 Å². The van der Waals surface area contributed by atoms with Crippen LogP contribution >= 0.6 is 0 Å². The molecule has 0 unspecified atom stereocenters. The Labute approximate surface area is 102 Å². The van der Waals surface area contributed by atoms with Crippen LogP contribution < -0.4 is 11.2 Å². The summed E-state index contributed by atoms with van der Waals surface area (Å²) in [5.74, 6) is -2.16. The summed E-state index contributed by atoms with van der Waals surface area (Å²) in [7, 11) is 0. The number of aromatic nitrogens is 1. The molecule has 18 heavy (non-hydrogen) atoms. The molecule has 0 fully saturated rings. The van der Waals surface area contributed by atoms with Gasteiger partial charge in [0.25, 0.3) is 0 Å². The van der Waals surface area contributed by atoms with Gasteiger partial charge in [-0.1, -0.05) is 0 Å². The summed E-state index contributed by atoms with van der Waals surface area (Å²) >= 11 is 0. The quantitative estimate of drug-likeness (QED) is 0.730. The molecule has 2 aromatic rings. The van der Waals surface area contributed by atoms with Gasteiger partial charge in [0.2, 0.25) is 0 Å². The first-order valence-corrected chi connectivity index (χ1v) is 5.82. The molecule has 2 heterocycles. The van der Waals surface area contributed by atoms with Crippen molar-refractivity contribution in [2.24, 2.45) is 0 Å². The first-order valence-electron chi connectivity index (χ1n) is 5.82. The number of fused-ring (bicyclic) bond motifs is 3. The van der Waals surface area contributed by atoms with Crippen LogP contribution in [0.5, 0.6) is 0 Å². The number of rotatable bonds is 0. The highest BCUT2D eigenvalue weighted by atomic mass is 19.2. The van der Waals surface area contributed by atoms with Crippen LogP contribution in [0.25, 0.3) is 10.9 Å². The maximum Gasteiger partial charge on any atom is 0.191 e. The van der Waals surface area contributed by atoms with E-state index in [1.54, 1.807) is 0 Å². The first-order chi connectivity index (χ1) is 8.50. The van der Waals surface area contributed by atoms with Gasteiger partial charge in [-0.2, -0.15) is 0 Å². The van der Waals surface area contributed by atoms with Crippen LogP contribution in [0.15, 0.2) is 16.9 Å². The predicted octanol–water partition coefficient (Wildman–Crippen LogP) is 2.37. The lowest BCUT2D eigenvalue weighted by Gasteiger charge is -2.15. The zero-order chi connectivity index (χ0) is 13.0. The fourth-order valence-electron chi connectivity index (χ4n) is 2.73. The molecule has 2 N–H and O–H groups in total. The van der Waals surface area contributed by atoms with E-state index in [2.05, 4.69) is 0 Å². The number of nitrogen functional groups attached to an aromatic ring is 1. The lowest BCUT2D eigenvalue weighted by atomic mass is 10.1. The van der Waals surface area contributed by atoms with E-state index < -0.39 is 17.3 Å².